The van der Waals surface area contributed by atoms with Crippen LogP contribution in [0.25, 0.3) is 11.0 Å². The Morgan fingerprint density at radius 3 is 2.61 bits per heavy atom. The fraction of sp³-hybridized carbons (Fsp3) is 0.400. The Balaban J connectivity index is 1.89. The number of para-hydroxylation sites is 1. The number of carbonyl (C=O) groups is 1. The average Bonchev–Trinajstić information content (AvgIpc) is 3.20. The Morgan fingerprint density at radius 1 is 1.13 bits per heavy atom. The molecule has 6 heteroatoms. The molecule has 2 atom stereocenters. The molecule has 2 aromatic carbocycles. The van der Waals surface area contributed by atoms with E-state index >= 15 is 0 Å². The molecule has 3 rings (SSSR count). The number of benzene rings is 2. The molecule has 0 saturated carbocycles. The summed E-state index contributed by atoms with van der Waals surface area (Å²) in [6.45, 7) is 8.08. The molecule has 0 radical (unpaired) electrons. The average molecular weight is 421 g/mol. The lowest BCUT2D eigenvalue weighted by molar-refractivity contribution is -0.137. The molecule has 0 aliphatic heterocycles. The van der Waals surface area contributed by atoms with Crippen LogP contribution in [0.1, 0.15) is 45.3 Å². The number of aromatic nitrogens is 3. The molecule has 6 nitrogen and oxygen atoms in total. The van der Waals surface area contributed by atoms with Crippen molar-refractivity contribution in [2.45, 2.75) is 46.3 Å². The van der Waals surface area contributed by atoms with Gasteiger partial charge in [-0.1, -0.05) is 74.0 Å². The van der Waals surface area contributed by atoms with Crippen molar-refractivity contribution in [1.82, 2.24) is 19.9 Å². The molecule has 2 unspecified atom stereocenters. The smallest absolute Gasteiger partial charge is 0.330 e. The van der Waals surface area contributed by atoms with Gasteiger partial charge in [0.2, 0.25) is 0 Å². The van der Waals surface area contributed by atoms with Crippen molar-refractivity contribution in [3.63, 3.8) is 0 Å². The van der Waals surface area contributed by atoms with Crippen LogP contribution in [0.2, 0.25) is 0 Å². The Hall–Kier alpha value is -2.99. The van der Waals surface area contributed by atoms with Gasteiger partial charge in [0.05, 0.1) is 12.1 Å². The van der Waals surface area contributed by atoms with E-state index in [-0.39, 0.29) is 18.1 Å². The number of hydrogen-bond acceptors (Lipinski definition) is 5. The molecule has 0 N–H and O–H groups in total. The molecule has 31 heavy (non-hydrogen) atoms. The Bertz CT molecular complexity index is 983. The van der Waals surface area contributed by atoms with Crippen molar-refractivity contribution in [2.75, 3.05) is 13.2 Å². The highest BCUT2D eigenvalue weighted by Crippen LogP contribution is 2.26. The Morgan fingerprint density at radius 2 is 1.87 bits per heavy atom. The molecule has 0 fully saturated rings. The summed E-state index contributed by atoms with van der Waals surface area (Å²) in [5, 5.41) is 8.90. The summed E-state index contributed by atoms with van der Waals surface area (Å²) in [5.74, 6) is -0.126. The molecule has 1 aromatic heterocycles. The van der Waals surface area contributed by atoms with E-state index in [2.05, 4.69) is 59.4 Å². The number of nitrogens with zero attached hydrogens (tertiary/aromatic N) is 4. The van der Waals surface area contributed by atoms with Crippen molar-refractivity contribution < 1.29 is 9.53 Å². The van der Waals surface area contributed by atoms with Crippen molar-refractivity contribution in [1.29, 1.82) is 0 Å². The standard InChI is InChI=1S/C25H32N4O2/c1-4-11-24(29-23-15-10-9-14-22(23)26-27-29)28(19-21-12-7-6-8-13-21)18-20(3)16-17-25(30)31-5-2/h6-10,12-17,20,24H,4-5,11,18-19H2,1-3H3/b17-16+. The molecule has 3 aromatic rings. The van der Waals surface area contributed by atoms with E-state index in [1.807, 2.05) is 41.9 Å². The highest BCUT2D eigenvalue weighted by molar-refractivity contribution is 5.81. The van der Waals surface area contributed by atoms with E-state index in [0.717, 1.165) is 37.0 Å². The van der Waals surface area contributed by atoms with Gasteiger partial charge in [-0.05, 0) is 37.0 Å². The molecule has 1 heterocycles. The van der Waals surface area contributed by atoms with Gasteiger partial charge in [0, 0.05) is 19.2 Å². The first-order valence-electron chi connectivity index (χ1n) is 11.0. The van der Waals surface area contributed by atoms with Crippen LogP contribution in [0.15, 0.2) is 66.7 Å². The van der Waals surface area contributed by atoms with Crippen LogP contribution in [0.5, 0.6) is 0 Å². The highest BCUT2D eigenvalue weighted by atomic mass is 16.5. The van der Waals surface area contributed by atoms with Crippen LogP contribution >= 0.6 is 0 Å². The maximum atomic E-state index is 11.7. The normalized spacial score (nSPS) is 13.7. The van der Waals surface area contributed by atoms with E-state index < -0.39 is 0 Å². The van der Waals surface area contributed by atoms with Crippen LogP contribution in [0.4, 0.5) is 0 Å². The number of hydrogen-bond donors (Lipinski definition) is 0. The van der Waals surface area contributed by atoms with E-state index in [1.54, 1.807) is 0 Å². The fourth-order valence-electron chi connectivity index (χ4n) is 3.80. The first-order valence-corrected chi connectivity index (χ1v) is 11.0. The van der Waals surface area contributed by atoms with Gasteiger partial charge < -0.3 is 4.74 Å². The molecule has 164 valence electrons. The topological polar surface area (TPSA) is 60.2 Å². The minimum Gasteiger partial charge on any atom is -0.463 e. The highest BCUT2D eigenvalue weighted by Gasteiger charge is 2.24. The fourth-order valence-corrected chi connectivity index (χ4v) is 3.80. The lowest BCUT2D eigenvalue weighted by Gasteiger charge is -2.33. The van der Waals surface area contributed by atoms with Crippen molar-refractivity contribution in [3.8, 4) is 0 Å². The first-order chi connectivity index (χ1) is 15.1. The summed E-state index contributed by atoms with van der Waals surface area (Å²) in [4.78, 5) is 14.2. The quantitative estimate of drug-likeness (QED) is 0.323. The molecule has 0 spiro atoms. The van der Waals surface area contributed by atoms with Gasteiger partial charge >= 0.3 is 5.97 Å². The number of esters is 1. The number of fused-ring (bicyclic) bond motifs is 1. The SMILES string of the molecule is CCCC(N(Cc1ccccc1)CC(C)/C=C/C(=O)OCC)n1nnc2ccccc21. The maximum Gasteiger partial charge on any atom is 0.330 e. The number of rotatable bonds is 11. The monoisotopic (exact) mass is 420 g/mol. The first kappa shape index (κ1) is 22.7. The van der Waals surface area contributed by atoms with Gasteiger partial charge in [0.1, 0.15) is 11.7 Å². The summed E-state index contributed by atoms with van der Waals surface area (Å²) in [6.07, 6.45) is 5.51. The Kier molecular flexibility index (Phi) is 8.35. The second-order valence-electron chi connectivity index (χ2n) is 7.80. The lowest BCUT2D eigenvalue weighted by Crippen LogP contribution is -2.36. The zero-order valence-corrected chi connectivity index (χ0v) is 18.6. The van der Waals surface area contributed by atoms with Gasteiger partial charge in [-0.25, -0.2) is 9.48 Å². The molecule has 0 amide bonds. The third-order valence-corrected chi connectivity index (χ3v) is 5.23. The summed E-state index contributed by atoms with van der Waals surface area (Å²) in [7, 11) is 0. The van der Waals surface area contributed by atoms with E-state index in [4.69, 9.17) is 4.74 Å². The van der Waals surface area contributed by atoms with Gasteiger partial charge in [0.25, 0.3) is 0 Å². The summed E-state index contributed by atoms with van der Waals surface area (Å²) in [6, 6.07) is 18.5. The van der Waals surface area contributed by atoms with Crippen LogP contribution in [-0.4, -0.2) is 39.0 Å². The summed E-state index contributed by atoms with van der Waals surface area (Å²) < 4.78 is 7.07. The molecular weight excluding hydrogens is 388 g/mol. The second-order valence-corrected chi connectivity index (χ2v) is 7.80. The third-order valence-electron chi connectivity index (χ3n) is 5.23. The zero-order chi connectivity index (χ0) is 22.1. The number of ether oxygens (including phenoxy) is 1. The molecule has 0 aliphatic rings. The van der Waals surface area contributed by atoms with E-state index in [0.29, 0.717) is 6.61 Å². The Labute approximate surface area is 184 Å². The molecule has 0 saturated heterocycles. The third kappa shape index (κ3) is 6.25. The lowest BCUT2D eigenvalue weighted by atomic mass is 10.1. The van der Waals surface area contributed by atoms with Crippen molar-refractivity contribution >= 4 is 17.0 Å². The summed E-state index contributed by atoms with van der Waals surface area (Å²) >= 11 is 0. The minimum absolute atomic E-state index is 0.0658. The van der Waals surface area contributed by atoms with Crippen molar-refractivity contribution in [2.24, 2.45) is 5.92 Å². The molecule has 0 aliphatic carbocycles. The van der Waals surface area contributed by atoms with Gasteiger partial charge in [-0.15, -0.1) is 5.10 Å². The second kappa shape index (κ2) is 11.4. The predicted molar refractivity (Wildman–Crippen MR) is 123 cm³/mol. The zero-order valence-electron chi connectivity index (χ0n) is 18.6. The number of carbonyl (C=O) groups excluding carboxylic acids is 1. The predicted octanol–water partition coefficient (Wildman–Crippen LogP) is 4.99. The van der Waals surface area contributed by atoms with Crippen molar-refractivity contribution in [3.05, 3.63) is 72.3 Å². The van der Waals surface area contributed by atoms with E-state index in [9.17, 15) is 4.79 Å². The van der Waals surface area contributed by atoms with Crippen LogP contribution in [0, 0.1) is 5.92 Å². The van der Waals surface area contributed by atoms with Gasteiger partial charge in [-0.2, -0.15) is 0 Å². The summed E-state index contributed by atoms with van der Waals surface area (Å²) in [5.41, 5.74) is 3.18. The maximum absolute atomic E-state index is 11.7. The molecular formula is C25H32N4O2. The minimum atomic E-state index is -0.295. The van der Waals surface area contributed by atoms with Crippen LogP contribution in [-0.2, 0) is 16.1 Å². The van der Waals surface area contributed by atoms with E-state index in [1.165, 1.54) is 11.6 Å². The van der Waals surface area contributed by atoms with Crippen LogP contribution < -0.4 is 0 Å². The van der Waals surface area contributed by atoms with Crippen LogP contribution in [0.3, 0.4) is 0 Å². The largest absolute Gasteiger partial charge is 0.463 e. The van der Waals surface area contributed by atoms with Gasteiger partial charge in [0.15, 0.2) is 0 Å². The van der Waals surface area contributed by atoms with Gasteiger partial charge in [-0.3, -0.25) is 4.90 Å². The molecule has 0 bridgehead atoms.